The number of nitrogens with one attached hydrogen (secondary N) is 1. The number of benzene rings is 1. The van der Waals surface area contributed by atoms with Gasteiger partial charge in [-0.2, -0.15) is 5.10 Å². The van der Waals surface area contributed by atoms with Crippen LogP contribution in [0.15, 0.2) is 45.4 Å². The van der Waals surface area contributed by atoms with E-state index in [0.29, 0.717) is 5.17 Å². The van der Waals surface area contributed by atoms with Crippen LogP contribution in [-0.4, -0.2) is 43.5 Å². The first-order chi connectivity index (χ1) is 13.2. The molecule has 2 aliphatic rings. The lowest BCUT2D eigenvalue weighted by Gasteiger charge is -2.22. The number of nitrogens with zero attached hydrogens (tertiary/aromatic N) is 3. The van der Waals surface area contributed by atoms with E-state index in [-0.39, 0.29) is 10.8 Å². The zero-order valence-corrected chi connectivity index (χ0v) is 16.0. The van der Waals surface area contributed by atoms with Gasteiger partial charge < -0.3 is 9.64 Å². The van der Waals surface area contributed by atoms with E-state index < -0.39 is 5.97 Å². The Morgan fingerprint density at radius 3 is 2.56 bits per heavy atom. The van der Waals surface area contributed by atoms with Crippen molar-refractivity contribution >= 4 is 40.7 Å². The normalized spacial score (nSPS) is 20.9. The zero-order valence-electron chi connectivity index (χ0n) is 15.2. The average Bonchev–Trinajstić information content (AvgIpc) is 2.88. The number of carbonyl (C=O) groups is 2. The summed E-state index contributed by atoms with van der Waals surface area (Å²) in [5.41, 5.74) is 2.16. The summed E-state index contributed by atoms with van der Waals surface area (Å²) < 4.78 is 4.51. The lowest BCUT2D eigenvalue weighted by molar-refractivity contribution is -0.135. The van der Waals surface area contributed by atoms with Gasteiger partial charge in [0.1, 0.15) is 0 Å². The molecule has 0 bridgehead atoms. The van der Waals surface area contributed by atoms with Crippen LogP contribution in [0.25, 0.3) is 0 Å². The molecular weight excluding hydrogens is 364 g/mol. The van der Waals surface area contributed by atoms with Crippen LogP contribution in [-0.2, 0) is 14.3 Å². The van der Waals surface area contributed by atoms with Crippen LogP contribution in [0, 0.1) is 0 Å². The monoisotopic (exact) mass is 386 g/mol. The van der Waals surface area contributed by atoms with Gasteiger partial charge in [-0.15, -0.1) is 5.10 Å². The van der Waals surface area contributed by atoms with Crippen LogP contribution in [0.2, 0.25) is 0 Å². The van der Waals surface area contributed by atoms with E-state index in [1.54, 1.807) is 6.21 Å². The second kappa shape index (κ2) is 9.36. The van der Waals surface area contributed by atoms with E-state index >= 15 is 0 Å². The molecule has 142 valence electrons. The van der Waals surface area contributed by atoms with Crippen molar-refractivity contribution in [3.05, 3.63) is 40.8 Å². The van der Waals surface area contributed by atoms with Crippen molar-refractivity contribution in [2.75, 3.05) is 25.1 Å². The number of ether oxygens (including phenoxy) is 1. The Morgan fingerprint density at radius 2 is 1.89 bits per heavy atom. The van der Waals surface area contributed by atoms with E-state index in [0.717, 1.165) is 36.5 Å². The molecule has 8 heteroatoms. The SMILES string of the molecule is COC(=O)/C=C1/S/C(=N\N=Cc2ccc(N3CCCCCC3)cc2)NC1=O. The zero-order chi connectivity index (χ0) is 19.1. The predicted octanol–water partition coefficient (Wildman–Crippen LogP) is 2.68. The predicted molar refractivity (Wildman–Crippen MR) is 108 cm³/mol. The third kappa shape index (κ3) is 5.43. The molecule has 27 heavy (non-hydrogen) atoms. The van der Waals surface area contributed by atoms with Crippen LogP contribution in [0.4, 0.5) is 5.69 Å². The summed E-state index contributed by atoms with van der Waals surface area (Å²) in [5, 5.41) is 10.9. The summed E-state index contributed by atoms with van der Waals surface area (Å²) in [5.74, 6) is -0.969. The number of esters is 1. The van der Waals surface area contributed by atoms with Gasteiger partial charge in [0.2, 0.25) is 0 Å². The fourth-order valence-corrected chi connectivity index (χ4v) is 3.63. The van der Waals surface area contributed by atoms with Crippen molar-refractivity contribution in [2.24, 2.45) is 10.2 Å². The van der Waals surface area contributed by atoms with E-state index in [4.69, 9.17) is 0 Å². The molecule has 0 atom stereocenters. The molecule has 1 aromatic carbocycles. The maximum absolute atomic E-state index is 11.7. The molecule has 0 radical (unpaired) electrons. The number of amides is 1. The summed E-state index contributed by atoms with van der Waals surface area (Å²) >= 11 is 1.05. The van der Waals surface area contributed by atoms with Gasteiger partial charge in [-0.05, 0) is 42.3 Å². The van der Waals surface area contributed by atoms with Crippen molar-refractivity contribution in [3.8, 4) is 0 Å². The molecule has 3 rings (SSSR count). The highest BCUT2D eigenvalue weighted by atomic mass is 32.2. The fourth-order valence-electron chi connectivity index (χ4n) is 2.89. The second-order valence-corrected chi connectivity index (χ2v) is 7.26. The van der Waals surface area contributed by atoms with Gasteiger partial charge in [0.15, 0.2) is 5.17 Å². The van der Waals surface area contributed by atoms with Crippen molar-refractivity contribution in [1.82, 2.24) is 5.32 Å². The minimum absolute atomic E-state index is 0.234. The van der Waals surface area contributed by atoms with Crippen molar-refractivity contribution in [2.45, 2.75) is 25.7 Å². The van der Waals surface area contributed by atoms with Gasteiger partial charge >= 0.3 is 5.97 Å². The number of carbonyl (C=O) groups excluding carboxylic acids is 2. The highest BCUT2D eigenvalue weighted by Gasteiger charge is 2.24. The molecule has 0 spiro atoms. The van der Waals surface area contributed by atoms with Gasteiger partial charge in [0, 0.05) is 24.9 Å². The highest BCUT2D eigenvalue weighted by Crippen LogP contribution is 2.23. The smallest absolute Gasteiger partial charge is 0.331 e. The number of anilines is 1. The van der Waals surface area contributed by atoms with Crippen molar-refractivity contribution in [3.63, 3.8) is 0 Å². The Bertz CT molecular complexity index is 779. The van der Waals surface area contributed by atoms with Gasteiger partial charge in [0.05, 0.1) is 18.2 Å². The average molecular weight is 386 g/mol. The topological polar surface area (TPSA) is 83.4 Å². The van der Waals surface area contributed by atoms with E-state index in [1.807, 2.05) is 12.1 Å². The first kappa shape index (κ1) is 19.2. The lowest BCUT2D eigenvalue weighted by Crippen LogP contribution is -2.23. The number of rotatable bonds is 4. The molecule has 2 fully saturated rings. The molecule has 1 amide bonds. The largest absolute Gasteiger partial charge is 0.466 e. The minimum Gasteiger partial charge on any atom is -0.466 e. The molecular formula is C19H22N4O3S. The maximum atomic E-state index is 11.7. The summed E-state index contributed by atoms with van der Waals surface area (Å²) in [6.07, 6.45) is 7.88. The summed E-state index contributed by atoms with van der Waals surface area (Å²) in [6.45, 7) is 2.22. The standard InChI is InChI=1S/C19H22N4O3S/c1-26-17(24)12-16-18(25)21-19(27-16)22-20-13-14-6-8-15(9-7-14)23-10-4-2-3-5-11-23/h6-9,12-13H,2-5,10-11H2,1H3,(H,21,22,25)/b16-12+,20-13?. The molecule has 0 aliphatic carbocycles. The van der Waals surface area contributed by atoms with Gasteiger partial charge in [-0.25, -0.2) is 4.79 Å². The minimum atomic E-state index is -0.582. The number of amidine groups is 1. The third-order valence-corrected chi connectivity index (χ3v) is 5.22. The molecule has 0 saturated carbocycles. The van der Waals surface area contributed by atoms with Gasteiger partial charge in [-0.1, -0.05) is 25.0 Å². The first-order valence-corrected chi connectivity index (χ1v) is 9.72. The summed E-state index contributed by atoms with van der Waals surface area (Å²) in [4.78, 5) is 25.6. The Morgan fingerprint density at radius 1 is 1.19 bits per heavy atom. The van der Waals surface area contributed by atoms with Crippen LogP contribution < -0.4 is 10.2 Å². The number of hydrogen-bond acceptors (Lipinski definition) is 7. The molecule has 0 unspecified atom stereocenters. The highest BCUT2D eigenvalue weighted by molar-refractivity contribution is 8.18. The Kier molecular flexibility index (Phi) is 6.64. The molecule has 1 N–H and O–H groups in total. The molecule has 7 nitrogen and oxygen atoms in total. The first-order valence-electron chi connectivity index (χ1n) is 8.90. The van der Waals surface area contributed by atoms with Crippen LogP contribution in [0.1, 0.15) is 31.2 Å². The van der Waals surface area contributed by atoms with Crippen molar-refractivity contribution < 1.29 is 14.3 Å². The molecule has 2 heterocycles. The van der Waals surface area contributed by atoms with E-state index in [9.17, 15) is 9.59 Å². The molecule has 0 aromatic heterocycles. The Hall–Kier alpha value is -2.61. The van der Waals surface area contributed by atoms with Crippen LogP contribution in [0.3, 0.4) is 0 Å². The van der Waals surface area contributed by atoms with Crippen LogP contribution >= 0.6 is 11.8 Å². The molecule has 2 aliphatic heterocycles. The van der Waals surface area contributed by atoms with Crippen LogP contribution in [0.5, 0.6) is 0 Å². The third-order valence-electron chi connectivity index (χ3n) is 4.32. The number of methoxy groups -OCH3 is 1. The Labute approximate surface area is 162 Å². The Balaban J connectivity index is 1.59. The van der Waals surface area contributed by atoms with Gasteiger partial charge in [0.25, 0.3) is 5.91 Å². The maximum Gasteiger partial charge on any atom is 0.331 e. The van der Waals surface area contributed by atoms with E-state index in [1.165, 1.54) is 38.5 Å². The molecule has 1 aromatic rings. The second-order valence-electron chi connectivity index (χ2n) is 6.23. The summed E-state index contributed by atoms with van der Waals surface area (Å²) in [7, 11) is 1.26. The van der Waals surface area contributed by atoms with Crippen molar-refractivity contribution in [1.29, 1.82) is 0 Å². The lowest BCUT2D eigenvalue weighted by atomic mass is 10.2. The van der Waals surface area contributed by atoms with E-state index in [2.05, 4.69) is 37.3 Å². The fraction of sp³-hybridized carbons (Fsp3) is 0.368. The summed E-state index contributed by atoms with van der Waals surface area (Å²) in [6, 6.07) is 8.21. The quantitative estimate of drug-likeness (QED) is 0.372. The number of thioether (sulfide) groups is 1. The molecule has 2 saturated heterocycles. The van der Waals surface area contributed by atoms with Gasteiger partial charge in [-0.3, -0.25) is 10.1 Å². The number of hydrogen-bond donors (Lipinski definition) is 1.